The molecule has 0 fully saturated rings. The Morgan fingerprint density at radius 2 is 1.33 bits per heavy atom. The summed E-state index contributed by atoms with van der Waals surface area (Å²) in [5.74, 6) is -0.736. The second kappa shape index (κ2) is 13.8. The van der Waals surface area contributed by atoms with E-state index in [2.05, 4.69) is 6.92 Å². The molecular formula is C22H31NO7. The molecule has 0 saturated carbocycles. The maximum Gasteiger partial charge on any atom is 0.305 e. The highest BCUT2D eigenvalue weighted by molar-refractivity contribution is 6.21. The maximum atomic E-state index is 12.2. The van der Waals surface area contributed by atoms with Crippen LogP contribution in [0, 0.1) is 0 Å². The lowest BCUT2D eigenvalue weighted by atomic mass is 10.1. The zero-order chi connectivity index (χ0) is 21.6. The number of amides is 2. The molecule has 0 spiro atoms. The van der Waals surface area contributed by atoms with Crippen LogP contribution in [0.4, 0.5) is 0 Å². The predicted molar refractivity (Wildman–Crippen MR) is 109 cm³/mol. The number of esters is 1. The Balaban J connectivity index is 1.40. The quantitative estimate of drug-likeness (QED) is 0.230. The summed E-state index contributed by atoms with van der Waals surface area (Å²) in [5.41, 5.74) is 0.884. The molecule has 0 N–H and O–H groups in total. The van der Waals surface area contributed by atoms with Gasteiger partial charge in [0.15, 0.2) is 0 Å². The second-order valence-corrected chi connectivity index (χ2v) is 6.82. The first-order valence-corrected chi connectivity index (χ1v) is 10.5. The fourth-order valence-electron chi connectivity index (χ4n) is 2.95. The molecule has 166 valence electrons. The second-order valence-electron chi connectivity index (χ2n) is 6.82. The standard InChI is InChI=1S/C22H31NO7/c1-2-3-4-9-20(24)30-17-16-29-15-14-28-13-12-27-11-10-23-21(25)18-7-5-6-8-19(18)22(23)26/h5-8H,2-4,9-17H2,1H3. The summed E-state index contributed by atoms with van der Waals surface area (Å²) in [7, 11) is 0. The van der Waals surface area contributed by atoms with Crippen LogP contribution in [0.5, 0.6) is 0 Å². The summed E-state index contributed by atoms with van der Waals surface area (Å²) in [6.07, 6.45) is 3.44. The van der Waals surface area contributed by atoms with Crippen molar-refractivity contribution in [3.8, 4) is 0 Å². The molecule has 1 aromatic rings. The van der Waals surface area contributed by atoms with Crippen molar-refractivity contribution in [2.45, 2.75) is 32.6 Å². The van der Waals surface area contributed by atoms with E-state index in [1.807, 2.05) is 0 Å². The van der Waals surface area contributed by atoms with Gasteiger partial charge in [-0.2, -0.15) is 0 Å². The Kier molecular flexibility index (Phi) is 11.1. The van der Waals surface area contributed by atoms with E-state index in [-0.39, 0.29) is 37.5 Å². The van der Waals surface area contributed by atoms with E-state index in [4.69, 9.17) is 18.9 Å². The van der Waals surface area contributed by atoms with Gasteiger partial charge >= 0.3 is 5.97 Å². The molecule has 2 rings (SSSR count). The largest absolute Gasteiger partial charge is 0.463 e. The van der Waals surface area contributed by atoms with E-state index in [1.165, 1.54) is 4.90 Å². The first-order valence-electron chi connectivity index (χ1n) is 10.5. The summed E-state index contributed by atoms with van der Waals surface area (Å²) in [6, 6.07) is 6.80. The summed E-state index contributed by atoms with van der Waals surface area (Å²) in [4.78, 5) is 37.0. The minimum Gasteiger partial charge on any atom is -0.463 e. The van der Waals surface area contributed by atoms with Crippen molar-refractivity contribution < 1.29 is 33.3 Å². The van der Waals surface area contributed by atoms with Crippen molar-refractivity contribution in [2.24, 2.45) is 0 Å². The molecule has 1 aliphatic rings. The van der Waals surface area contributed by atoms with Gasteiger partial charge in [-0.15, -0.1) is 0 Å². The molecule has 8 heteroatoms. The third kappa shape index (κ3) is 7.85. The van der Waals surface area contributed by atoms with Crippen molar-refractivity contribution in [1.29, 1.82) is 0 Å². The van der Waals surface area contributed by atoms with E-state index < -0.39 is 0 Å². The summed E-state index contributed by atoms with van der Waals surface area (Å²) < 4.78 is 21.2. The number of hydrogen-bond donors (Lipinski definition) is 0. The SMILES string of the molecule is CCCCCC(=O)OCCOCCOCCOCCN1C(=O)c2ccccc2C1=O. The number of imide groups is 1. The van der Waals surface area contributed by atoms with Crippen molar-refractivity contribution in [2.75, 3.05) is 52.8 Å². The van der Waals surface area contributed by atoms with E-state index in [0.717, 1.165) is 19.3 Å². The molecule has 0 saturated heterocycles. The first kappa shape index (κ1) is 24.0. The number of carbonyl (C=O) groups excluding carboxylic acids is 3. The lowest BCUT2D eigenvalue weighted by Crippen LogP contribution is -2.33. The van der Waals surface area contributed by atoms with E-state index in [0.29, 0.717) is 50.6 Å². The van der Waals surface area contributed by atoms with Crippen LogP contribution in [0.15, 0.2) is 24.3 Å². The Bertz CT molecular complexity index is 657. The van der Waals surface area contributed by atoms with Gasteiger partial charge in [0.1, 0.15) is 6.61 Å². The zero-order valence-corrected chi connectivity index (χ0v) is 17.6. The highest BCUT2D eigenvalue weighted by atomic mass is 16.6. The number of benzene rings is 1. The van der Waals surface area contributed by atoms with Crippen LogP contribution in [0.1, 0.15) is 53.3 Å². The molecule has 8 nitrogen and oxygen atoms in total. The Hall–Kier alpha value is -2.29. The molecule has 0 aromatic heterocycles. The normalized spacial score (nSPS) is 13.0. The number of rotatable bonds is 16. The summed E-state index contributed by atoms with van der Waals surface area (Å²) in [6.45, 7) is 4.73. The number of fused-ring (bicyclic) bond motifs is 1. The number of hydrogen-bond acceptors (Lipinski definition) is 7. The van der Waals surface area contributed by atoms with Gasteiger partial charge in [-0.05, 0) is 18.6 Å². The minimum absolute atomic E-state index is 0.179. The van der Waals surface area contributed by atoms with E-state index >= 15 is 0 Å². The van der Waals surface area contributed by atoms with Crippen LogP contribution >= 0.6 is 0 Å². The average Bonchev–Trinajstić information content (AvgIpc) is 2.99. The lowest BCUT2D eigenvalue weighted by Gasteiger charge is -2.13. The fourth-order valence-corrected chi connectivity index (χ4v) is 2.95. The van der Waals surface area contributed by atoms with Crippen LogP contribution in [0.3, 0.4) is 0 Å². The number of ether oxygens (including phenoxy) is 4. The van der Waals surface area contributed by atoms with E-state index in [1.54, 1.807) is 24.3 Å². The summed E-state index contributed by atoms with van der Waals surface area (Å²) >= 11 is 0. The Morgan fingerprint density at radius 3 is 1.90 bits per heavy atom. The molecule has 0 bridgehead atoms. The van der Waals surface area contributed by atoms with Gasteiger partial charge < -0.3 is 18.9 Å². The molecule has 0 unspecified atom stereocenters. The highest BCUT2D eigenvalue weighted by Crippen LogP contribution is 2.21. The summed E-state index contributed by atoms with van der Waals surface area (Å²) in [5, 5.41) is 0. The number of carbonyl (C=O) groups is 3. The number of unbranched alkanes of at least 4 members (excludes halogenated alkanes) is 2. The smallest absolute Gasteiger partial charge is 0.305 e. The number of nitrogens with zero attached hydrogens (tertiary/aromatic N) is 1. The van der Waals surface area contributed by atoms with Gasteiger partial charge in [0.2, 0.25) is 0 Å². The first-order chi connectivity index (χ1) is 14.6. The predicted octanol–water partition coefficient (Wildman–Crippen LogP) is 2.46. The zero-order valence-electron chi connectivity index (χ0n) is 17.6. The maximum absolute atomic E-state index is 12.2. The van der Waals surface area contributed by atoms with Gasteiger partial charge in [0.05, 0.1) is 57.3 Å². The van der Waals surface area contributed by atoms with Gasteiger partial charge in [0, 0.05) is 6.42 Å². The van der Waals surface area contributed by atoms with Crippen molar-refractivity contribution >= 4 is 17.8 Å². The molecule has 2 amide bonds. The van der Waals surface area contributed by atoms with E-state index in [9.17, 15) is 14.4 Å². The molecule has 1 aliphatic heterocycles. The lowest BCUT2D eigenvalue weighted by molar-refractivity contribution is -0.145. The van der Waals surface area contributed by atoms with Crippen molar-refractivity contribution in [1.82, 2.24) is 4.90 Å². The average molecular weight is 421 g/mol. The van der Waals surface area contributed by atoms with Gasteiger partial charge in [-0.3, -0.25) is 19.3 Å². The van der Waals surface area contributed by atoms with Gasteiger partial charge in [-0.1, -0.05) is 31.9 Å². The van der Waals surface area contributed by atoms with Crippen LogP contribution in [0.2, 0.25) is 0 Å². The van der Waals surface area contributed by atoms with Crippen molar-refractivity contribution in [3.63, 3.8) is 0 Å². The third-order valence-corrected chi connectivity index (χ3v) is 4.56. The molecule has 1 aromatic carbocycles. The molecule has 1 heterocycles. The van der Waals surface area contributed by atoms with Crippen LogP contribution in [-0.4, -0.2) is 75.5 Å². The van der Waals surface area contributed by atoms with Gasteiger partial charge in [0.25, 0.3) is 11.8 Å². The van der Waals surface area contributed by atoms with Crippen LogP contribution < -0.4 is 0 Å². The fraction of sp³-hybridized carbons (Fsp3) is 0.591. The van der Waals surface area contributed by atoms with Crippen LogP contribution in [-0.2, 0) is 23.7 Å². The monoisotopic (exact) mass is 421 g/mol. The van der Waals surface area contributed by atoms with Gasteiger partial charge in [-0.25, -0.2) is 0 Å². The molecular weight excluding hydrogens is 390 g/mol. The molecule has 0 radical (unpaired) electrons. The highest BCUT2D eigenvalue weighted by Gasteiger charge is 2.34. The third-order valence-electron chi connectivity index (χ3n) is 4.56. The Morgan fingerprint density at radius 1 is 0.800 bits per heavy atom. The van der Waals surface area contributed by atoms with Crippen molar-refractivity contribution in [3.05, 3.63) is 35.4 Å². The molecule has 0 atom stereocenters. The molecule has 0 aliphatic carbocycles. The topological polar surface area (TPSA) is 91.4 Å². The molecule has 30 heavy (non-hydrogen) atoms. The Labute approximate surface area is 177 Å². The minimum atomic E-state index is -0.278. The van der Waals surface area contributed by atoms with Crippen LogP contribution in [0.25, 0.3) is 0 Å².